The molecule has 1 saturated carbocycles. The number of piperazine rings is 1. The molecular weight excluding hydrogens is 593 g/mol. The summed E-state index contributed by atoms with van der Waals surface area (Å²) < 4.78 is 0. The summed E-state index contributed by atoms with van der Waals surface area (Å²) in [4.78, 5) is 34.5. The molecule has 3 N–H and O–H groups in total. The van der Waals surface area contributed by atoms with Gasteiger partial charge in [-0.1, -0.05) is 30.3 Å². The largest absolute Gasteiger partial charge is 0.367 e. The Morgan fingerprint density at radius 3 is 2.37 bits per heavy atom. The zero-order valence-electron chi connectivity index (χ0n) is 26.2. The van der Waals surface area contributed by atoms with Gasteiger partial charge in [0.05, 0.1) is 27.9 Å². The molecule has 2 heterocycles. The summed E-state index contributed by atoms with van der Waals surface area (Å²) in [5.74, 6) is -0.147. The third-order valence-corrected chi connectivity index (χ3v) is 10.0. The lowest BCUT2D eigenvalue weighted by Crippen LogP contribution is -2.44. The fourth-order valence-electron chi connectivity index (χ4n) is 6.40. The van der Waals surface area contributed by atoms with E-state index in [2.05, 4.69) is 58.6 Å². The maximum atomic E-state index is 13.7. The van der Waals surface area contributed by atoms with Crippen molar-refractivity contribution < 1.29 is 9.59 Å². The molecule has 2 aliphatic rings. The third kappa shape index (κ3) is 7.31. The van der Waals surface area contributed by atoms with Gasteiger partial charge in [-0.25, -0.2) is 0 Å². The lowest BCUT2D eigenvalue weighted by Gasteiger charge is -2.36. The molecule has 1 aliphatic heterocycles. The number of anilines is 2. The van der Waals surface area contributed by atoms with E-state index in [1.54, 1.807) is 24.3 Å². The van der Waals surface area contributed by atoms with Gasteiger partial charge in [-0.3, -0.25) is 9.59 Å². The van der Waals surface area contributed by atoms with Crippen molar-refractivity contribution >= 4 is 34.5 Å². The minimum atomic E-state index is -0.222. The van der Waals surface area contributed by atoms with Gasteiger partial charge in [-0.05, 0) is 103 Å². The normalized spacial score (nSPS) is 18.5. The molecule has 0 atom stereocenters. The smallest absolute Gasteiger partial charge is 0.264 e. The van der Waals surface area contributed by atoms with Gasteiger partial charge < -0.3 is 25.8 Å². The molecule has 9 heteroatoms. The molecule has 0 bridgehead atoms. The zero-order chi connectivity index (χ0) is 32.0. The number of thiophene rings is 1. The van der Waals surface area contributed by atoms with E-state index in [0.29, 0.717) is 17.7 Å². The number of carbonyl (C=O) groups excluding carboxylic acids is 2. The number of hydrogen-bond donors (Lipinski definition) is 2. The average molecular weight is 633 g/mol. The van der Waals surface area contributed by atoms with Gasteiger partial charge in [0, 0.05) is 50.4 Å². The number of benzene rings is 3. The Hall–Kier alpha value is -4.49. The molecule has 2 fully saturated rings. The molecular formula is C37H40N6O2S. The second-order valence-electron chi connectivity index (χ2n) is 12.3. The van der Waals surface area contributed by atoms with Crippen molar-refractivity contribution in [2.75, 3.05) is 43.4 Å². The van der Waals surface area contributed by atoms with Crippen molar-refractivity contribution in [3.05, 3.63) is 106 Å². The SMILES string of the molecule is CN1CCN(c2ccc(-c3cccc(CN(C(=O)c4cccs4)C4CCC(N)CC4)c3)cc2NC(=O)c2ccc(C#N)cc2)CC1. The van der Waals surface area contributed by atoms with Crippen LogP contribution >= 0.6 is 11.3 Å². The van der Waals surface area contributed by atoms with Gasteiger partial charge in [-0.2, -0.15) is 5.26 Å². The molecule has 1 aliphatic carbocycles. The Labute approximate surface area is 275 Å². The van der Waals surface area contributed by atoms with E-state index in [9.17, 15) is 14.9 Å². The first kappa shape index (κ1) is 31.5. The van der Waals surface area contributed by atoms with Crippen molar-refractivity contribution in [3.8, 4) is 17.2 Å². The summed E-state index contributed by atoms with van der Waals surface area (Å²) in [5.41, 5.74) is 12.0. The van der Waals surface area contributed by atoms with E-state index in [-0.39, 0.29) is 23.9 Å². The van der Waals surface area contributed by atoms with Crippen LogP contribution in [0.1, 0.15) is 56.8 Å². The Kier molecular flexibility index (Phi) is 9.79. The Balaban J connectivity index is 1.29. The number of rotatable bonds is 8. The van der Waals surface area contributed by atoms with Gasteiger partial charge in [-0.15, -0.1) is 11.3 Å². The minimum Gasteiger partial charge on any atom is -0.367 e. The van der Waals surface area contributed by atoms with Crippen LogP contribution in [0.25, 0.3) is 11.1 Å². The Bertz CT molecular complexity index is 1700. The van der Waals surface area contributed by atoms with Gasteiger partial charge in [0.25, 0.3) is 11.8 Å². The van der Waals surface area contributed by atoms with E-state index in [1.807, 2.05) is 34.5 Å². The van der Waals surface area contributed by atoms with Crippen LogP contribution in [0.5, 0.6) is 0 Å². The standard InChI is InChI=1S/C37H40N6O2S/c1-41-17-19-42(20-18-41)34-16-11-30(23-33(34)40-36(44)28-9-7-26(24-38)8-10-28)29-5-2-4-27(22-29)25-43(32-14-12-31(39)13-15-32)37(45)35-6-3-21-46-35/h2-11,16,21-23,31-32H,12-15,17-20,25,39H2,1H3,(H,40,44). The van der Waals surface area contributed by atoms with Crippen molar-refractivity contribution in [2.24, 2.45) is 5.73 Å². The number of nitrogens with two attached hydrogens (primary N) is 1. The molecule has 8 nitrogen and oxygen atoms in total. The van der Waals surface area contributed by atoms with E-state index >= 15 is 0 Å². The molecule has 0 spiro atoms. The number of nitrogens with zero attached hydrogens (tertiary/aromatic N) is 4. The first-order valence-electron chi connectivity index (χ1n) is 16.0. The zero-order valence-corrected chi connectivity index (χ0v) is 27.0. The highest BCUT2D eigenvalue weighted by Crippen LogP contribution is 2.34. The van der Waals surface area contributed by atoms with Crippen LogP contribution in [0.3, 0.4) is 0 Å². The number of nitrogens with one attached hydrogen (secondary N) is 1. The van der Waals surface area contributed by atoms with Crippen molar-refractivity contribution in [1.29, 1.82) is 5.26 Å². The topological polar surface area (TPSA) is 106 Å². The highest BCUT2D eigenvalue weighted by Gasteiger charge is 2.29. The van der Waals surface area contributed by atoms with E-state index < -0.39 is 0 Å². The summed E-state index contributed by atoms with van der Waals surface area (Å²) in [5, 5.41) is 14.3. The summed E-state index contributed by atoms with van der Waals surface area (Å²) in [7, 11) is 2.12. The van der Waals surface area contributed by atoms with Crippen molar-refractivity contribution in [1.82, 2.24) is 9.80 Å². The summed E-state index contributed by atoms with van der Waals surface area (Å²) in [6, 6.07) is 27.6. The summed E-state index contributed by atoms with van der Waals surface area (Å²) in [6.07, 6.45) is 3.67. The molecule has 4 aromatic rings. The van der Waals surface area contributed by atoms with Gasteiger partial charge in [0.15, 0.2) is 0 Å². The first-order chi connectivity index (χ1) is 22.4. The molecule has 0 unspecified atom stereocenters. The van der Waals surface area contributed by atoms with Crippen molar-refractivity contribution in [3.63, 3.8) is 0 Å². The maximum Gasteiger partial charge on any atom is 0.264 e. The second-order valence-corrected chi connectivity index (χ2v) is 13.3. The van der Waals surface area contributed by atoms with Gasteiger partial charge >= 0.3 is 0 Å². The van der Waals surface area contributed by atoms with Crippen LogP contribution in [-0.2, 0) is 6.54 Å². The van der Waals surface area contributed by atoms with Crippen LogP contribution in [0.2, 0.25) is 0 Å². The fourth-order valence-corrected chi connectivity index (χ4v) is 7.08. The van der Waals surface area contributed by atoms with E-state index in [4.69, 9.17) is 5.73 Å². The lowest BCUT2D eigenvalue weighted by atomic mass is 9.90. The maximum absolute atomic E-state index is 13.7. The quantitative estimate of drug-likeness (QED) is 0.240. The van der Waals surface area contributed by atoms with Crippen LogP contribution in [0, 0.1) is 11.3 Å². The second kappa shape index (κ2) is 14.3. The number of likely N-dealkylation sites (N-methyl/N-ethyl adjacent to an activating group) is 1. The van der Waals surface area contributed by atoms with Crippen LogP contribution < -0.4 is 16.0 Å². The number of nitriles is 1. The third-order valence-electron chi connectivity index (χ3n) is 9.15. The molecule has 236 valence electrons. The van der Waals surface area contributed by atoms with Gasteiger partial charge in [0.1, 0.15) is 0 Å². The minimum absolute atomic E-state index is 0.0743. The van der Waals surface area contributed by atoms with Crippen LogP contribution in [0.15, 0.2) is 84.2 Å². The fraction of sp³-hybridized carbons (Fsp3) is 0.324. The number of hydrogen-bond acceptors (Lipinski definition) is 7. The highest BCUT2D eigenvalue weighted by atomic mass is 32.1. The molecule has 46 heavy (non-hydrogen) atoms. The average Bonchev–Trinajstić information content (AvgIpc) is 3.63. The van der Waals surface area contributed by atoms with Crippen molar-refractivity contribution in [2.45, 2.75) is 44.3 Å². The summed E-state index contributed by atoms with van der Waals surface area (Å²) in [6.45, 7) is 4.14. The van der Waals surface area contributed by atoms with Gasteiger partial charge in [0.2, 0.25) is 0 Å². The Morgan fingerprint density at radius 2 is 1.67 bits per heavy atom. The summed E-state index contributed by atoms with van der Waals surface area (Å²) >= 11 is 1.48. The van der Waals surface area contributed by atoms with Crippen LogP contribution in [0.4, 0.5) is 11.4 Å². The molecule has 2 amide bonds. The predicted molar refractivity (Wildman–Crippen MR) is 185 cm³/mol. The first-order valence-corrected chi connectivity index (χ1v) is 16.8. The molecule has 6 rings (SSSR count). The van der Waals surface area contributed by atoms with E-state index in [1.165, 1.54) is 11.3 Å². The van der Waals surface area contributed by atoms with E-state index in [0.717, 1.165) is 84.8 Å². The van der Waals surface area contributed by atoms with Crippen LogP contribution in [-0.4, -0.2) is 66.9 Å². The molecule has 3 aromatic carbocycles. The lowest BCUT2D eigenvalue weighted by molar-refractivity contribution is 0.0611. The monoisotopic (exact) mass is 632 g/mol. The molecule has 1 saturated heterocycles. The molecule has 1 aromatic heterocycles. The Morgan fingerprint density at radius 1 is 0.935 bits per heavy atom. The predicted octanol–water partition coefficient (Wildman–Crippen LogP) is 6.20. The number of amides is 2. The highest BCUT2D eigenvalue weighted by molar-refractivity contribution is 7.12. The molecule has 0 radical (unpaired) electrons. The number of carbonyl (C=O) groups is 2.